The van der Waals surface area contributed by atoms with Crippen molar-refractivity contribution in [3.8, 4) is 16.8 Å². The van der Waals surface area contributed by atoms with Crippen molar-refractivity contribution in [3.63, 3.8) is 0 Å². The van der Waals surface area contributed by atoms with Gasteiger partial charge in [-0.1, -0.05) is 30.3 Å². The number of hydrogen-bond acceptors (Lipinski definition) is 3. The molecule has 152 valence electrons. The van der Waals surface area contributed by atoms with E-state index in [-0.39, 0.29) is 5.56 Å². The summed E-state index contributed by atoms with van der Waals surface area (Å²) < 4.78 is 1.58. The van der Waals surface area contributed by atoms with Crippen molar-refractivity contribution in [1.82, 2.24) is 14.5 Å². The Kier molecular flexibility index (Phi) is 4.22. The first kappa shape index (κ1) is 18.8. The largest absolute Gasteiger partial charge is 0.366 e. The average molecular weight is 408 g/mol. The van der Waals surface area contributed by atoms with Gasteiger partial charge < -0.3 is 10.7 Å². The lowest BCUT2D eigenvalue weighted by molar-refractivity contribution is 0.100. The maximum Gasteiger partial charge on any atom is 0.265 e. The summed E-state index contributed by atoms with van der Waals surface area (Å²) >= 11 is 0. The third-order valence-corrected chi connectivity index (χ3v) is 5.71. The van der Waals surface area contributed by atoms with Crippen LogP contribution >= 0.6 is 0 Å². The topological polar surface area (TPSA) is 93.8 Å². The first-order valence-corrected chi connectivity index (χ1v) is 9.94. The van der Waals surface area contributed by atoms with Gasteiger partial charge in [0.25, 0.3) is 11.5 Å². The number of aromatic nitrogens is 3. The van der Waals surface area contributed by atoms with Crippen molar-refractivity contribution in [2.75, 3.05) is 0 Å². The molecular formula is C25H20N4O2. The second-order valence-electron chi connectivity index (χ2n) is 7.65. The number of para-hydroxylation sites is 1. The number of nitrogens with two attached hydrogens (primary N) is 1. The number of amides is 1. The van der Waals surface area contributed by atoms with Crippen LogP contribution in [0.1, 0.15) is 21.6 Å². The van der Waals surface area contributed by atoms with Crippen molar-refractivity contribution in [2.24, 2.45) is 5.73 Å². The number of nitrogens with one attached hydrogen (secondary N) is 1. The molecule has 3 N–H and O–H groups in total. The maximum absolute atomic E-state index is 13.1. The highest BCUT2D eigenvalue weighted by Crippen LogP contribution is 2.35. The predicted molar refractivity (Wildman–Crippen MR) is 123 cm³/mol. The zero-order chi connectivity index (χ0) is 21.7. The van der Waals surface area contributed by atoms with E-state index in [0.29, 0.717) is 16.5 Å². The van der Waals surface area contributed by atoms with Crippen LogP contribution in [0.25, 0.3) is 38.6 Å². The minimum atomic E-state index is -0.474. The van der Waals surface area contributed by atoms with E-state index in [0.717, 1.165) is 39.0 Å². The maximum atomic E-state index is 13.1. The third kappa shape index (κ3) is 2.92. The molecule has 5 aromatic rings. The third-order valence-electron chi connectivity index (χ3n) is 5.71. The molecule has 0 aliphatic heterocycles. The summed E-state index contributed by atoms with van der Waals surface area (Å²) in [7, 11) is 0. The number of hydrogen-bond donors (Lipinski definition) is 2. The van der Waals surface area contributed by atoms with Crippen LogP contribution in [-0.4, -0.2) is 20.4 Å². The van der Waals surface area contributed by atoms with Crippen molar-refractivity contribution in [2.45, 2.75) is 13.8 Å². The number of H-pyrrole nitrogens is 1. The molecule has 0 spiro atoms. The molecule has 0 radical (unpaired) electrons. The van der Waals surface area contributed by atoms with Gasteiger partial charge in [-0.15, -0.1) is 0 Å². The highest BCUT2D eigenvalue weighted by atomic mass is 16.1. The van der Waals surface area contributed by atoms with Crippen molar-refractivity contribution >= 4 is 27.7 Å². The summed E-state index contributed by atoms with van der Waals surface area (Å²) in [6.07, 6.45) is 1.57. The molecule has 0 bridgehead atoms. The number of nitrogens with zero attached hydrogens (tertiary/aromatic N) is 2. The summed E-state index contributed by atoms with van der Waals surface area (Å²) in [4.78, 5) is 32.7. The molecule has 6 heteroatoms. The van der Waals surface area contributed by atoms with Gasteiger partial charge in [-0.2, -0.15) is 0 Å². The monoisotopic (exact) mass is 408 g/mol. The average Bonchev–Trinajstić information content (AvgIpc) is 3.15. The van der Waals surface area contributed by atoms with E-state index in [2.05, 4.69) is 9.97 Å². The Bertz CT molecular complexity index is 1560. The molecule has 0 atom stereocenters. The van der Waals surface area contributed by atoms with Gasteiger partial charge in [-0.3, -0.25) is 14.2 Å². The molecule has 0 aliphatic rings. The molecule has 1 amide bonds. The lowest BCUT2D eigenvalue weighted by atomic mass is 9.94. The normalized spacial score (nSPS) is 11.3. The van der Waals surface area contributed by atoms with Gasteiger partial charge in [0, 0.05) is 11.1 Å². The Morgan fingerprint density at radius 3 is 2.58 bits per heavy atom. The van der Waals surface area contributed by atoms with Crippen molar-refractivity contribution in [1.29, 1.82) is 0 Å². The Morgan fingerprint density at radius 2 is 1.77 bits per heavy atom. The standard InChI is InChI=1S/C25H20N4O2/c1-14-12-20-17(10-11-19(24(26)30)23(20)28-14)16-7-5-9-22(15(16)2)29-13-27-21-8-4-3-6-18(21)25(29)31/h3-13,28H,1-2H3,(H2,26,30). The summed E-state index contributed by atoms with van der Waals surface area (Å²) in [6, 6.07) is 18.8. The van der Waals surface area contributed by atoms with E-state index in [1.807, 2.05) is 62.4 Å². The Morgan fingerprint density at radius 1 is 0.968 bits per heavy atom. The number of rotatable bonds is 3. The minimum absolute atomic E-state index is 0.113. The number of primary amides is 1. The van der Waals surface area contributed by atoms with Gasteiger partial charge in [0.2, 0.25) is 0 Å². The summed E-state index contributed by atoms with van der Waals surface area (Å²) in [5.41, 5.74) is 11.9. The van der Waals surface area contributed by atoms with Crippen LogP contribution < -0.4 is 11.3 Å². The molecule has 2 aromatic heterocycles. The lowest BCUT2D eigenvalue weighted by Crippen LogP contribution is -2.19. The molecule has 0 aliphatic carbocycles. The van der Waals surface area contributed by atoms with Crippen molar-refractivity contribution < 1.29 is 4.79 Å². The fraction of sp³-hybridized carbons (Fsp3) is 0.0800. The number of aryl methyl sites for hydroxylation is 1. The number of aromatic amines is 1. The van der Waals surface area contributed by atoms with Gasteiger partial charge in [-0.25, -0.2) is 4.98 Å². The number of carbonyl (C=O) groups is 1. The SMILES string of the molecule is Cc1cc2c(-c3cccc(-n4cnc5ccccc5c4=O)c3C)ccc(C(N)=O)c2[nH]1. The van der Waals surface area contributed by atoms with E-state index in [1.54, 1.807) is 23.0 Å². The highest BCUT2D eigenvalue weighted by molar-refractivity contribution is 6.09. The Labute approximate surface area is 178 Å². The minimum Gasteiger partial charge on any atom is -0.366 e. The first-order valence-electron chi connectivity index (χ1n) is 9.94. The van der Waals surface area contributed by atoms with Crippen LogP contribution in [0, 0.1) is 13.8 Å². The molecule has 0 unspecified atom stereocenters. The number of carbonyl (C=O) groups excluding carboxylic acids is 1. The van der Waals surface area contributed by atoms with Gasteiger partial charge in [0.05, 0.1) is 27.7 Å². The Hall–Kier alpha value is -4.19. The van der Waals surface area contributed by atoms with E-state index >= 15 is 0 Å². The van der Waals surface area contributed by atoms with Gasteiger partial charge in [-0.05, 0) is 60.9 Å². The number of benzene rings is 3. The summed E-state index contributed by atoms with van der Waals surface area (Å²) in [5, 5.41) is 1.49. The Balaban J connectivity index is 1.76. The quantitative estimate of drug-likeness (QED) is 0.467. The fourth-order valence-corrected chi connectivity index (χ4v) is 4.21. The predicted octanol–water partition coefficient (Wildman–Crippen LogP) is 4.25. The van der Waals surface area contributed by atoms with Crippen LogP contribution in [0.4, 0.5) is 0 Å². The van der Waals surface area contributed by atoms with Crippen LogP contribution in [0.2, 0.25) is 0 Å². The van der Waals surface area contributed by atoms with Crippen molar-refractivity contribution in [3.05, 3.63) is 94.2 Å². The lowest BCUT2D eigenvalue weighted by Gasteiger charge is -2.15. The van der Waals surface area contributed by atoms with E-state index < -0.39 is 5.91 Å². The molecule has 3 aromatic carbocycles. The molecule has 6 nitrogen and oxygen atoms in total. The highest BCUT2D eigenvalue weighted by Gasteiger charge is 2.17. The van der Waals surface area contributed by atoms with E-state index in [4.69, 9.17) is 5.73 Å². The van der Waals surface area contributed by atoms with Crippen LogP contribution in [0.5, 0.6) is 0 Å². The first-order chi connectivity index (χ1) is 15.0. The molecule has 0 saturated carbocycles. The van der Waals surface area contributed by atoms with Crippen LogP contribution in [0.15, 0.2) is 71.8 Å². The molecule has 0 saturated heterocycles. The zero-order valence-electron chi connectivity index (χ0n) is 17.1. The molecule has 31 heavy (non-hydrogen) atoms. The molecule has 0 fully saturated rings. The summed E-state index contributed by atoms with van der Waals surface area (Å²) in [5.74, 6) is -0.474. The second-order valence-corrected chi connectivity index (χ2v) is 7.65. The molecule has 5 rings (SSSR count). The van der Waals surface area contributed by atoms with E-state index in [9.17, 15) is 9.59 Å². The van der Waals surface area contributed by atoms with Gasteiger partial charge in [0.1, 0.15) is 6.33 Å². The molecular weight excluding hydrogens is 388 g/mol. The van der Waals surface area contributed by atoms with Crippen LogP contribution in [0.3, 0.4) is 0 Å². The van der Waals surface area contributed by atoms with Crippen LogP contribution in [-0.2, 0) is 0 Å². The van der Waals surface area contributed by atoms with E-state index in [1.165, 1.54) is 0 Å². The number of fused-ring (bicyclic) bond motifs is 2. The zero-order valence-corrected chi connectivity index (χ0v) is 17.1. The molecule has 2 heterocycles. The fourth-order valence-electron chi connectivity index (χ4n) is 4.21. The van der Waals surface area contributed by atoms with Gasteiger partial charge >= 0.3 is 0 Å². The second kappa shape index (κ2) is 6.95. The van der Waals surface area contributed by atoms with Gasteiger partial charge in [0.15, 0.2) is 0 Å². The summed E-state index contributed by atoms with van der Waals surface area (Å²) in [6.45, 7) is 3.93. The smallest absolute Gasteiger partial charge is 0.265 e.